The Morgan fingerprint density at radius 2 is 2.00 bits per heavy atom. The molecule has 1 aromatic carbocycles. The van der Waals surface area contributed by atoms with Crippen LogP contribution < -0.4 is 5.32 Å². The summed E-state index contributed by atoms with van der Waals surface area (Å²) in [6.07, 6.45) is -0.0249. The topological polar surface area (TPSA) is 64.6 Å². The molecule has 24 heavy (non-hydrogen) atoms. The second-order valence-corrected chi connectivity index (χ2v) is 5.61. The van der Waals surface area contributed by atoms with Gasteiger partial charge in [0, 0.05) is 18.5 Å². The molecule has 0 atom stereocenters. The van der Waals surface area contributed by atoms with E-state index in [-0.39, 0.29) is 6.61 Å². The average molecular weight is 343 g/mol. The minimum Gasteiger partial charge on any atom is -0.465 e. The molecule has 0 radical (unpaired) electrons. The molecule has 0 saturated heterocycles. The normalized spacial score (nSPS) is 9.54. The molecule has 2 rings (SSSR count). The van der Waals surface area contributed by atoms with Crippen LogP contribution in [0.15, 0.2) is 41.8 Å². The van der Waals surface area contributed by atoms with Gasteiger partial charge in [0.15, 0.2) is 0 Å². The number of nitrogens with one attached hydrogen (secondary N) is 1. The monoisotopic (exact) mass is 343 g/mol. The van der Waals surface area contributed by atoms with Crippen molar-refractivity contribution in [2.24, 2.45) is 0 Å². The van der Waals surface area contributed by atoms with Crippen molar-refractivity contribution in [2.75, 3.05) is 13.7 Å². The molecular weight excluding hydrogens is 326 g/mol. The number of thiophene rings is 1. The molecule has 1 heterocycles. The van der Waals surface area contributed by atoms with Crippen LogP contribution >= 0.6 is 11.3 Å². The number of benzene rings is 1. The second kappa shape index (κ2) is 9.38. The average Bonchev–Trinajstić information content (AvgIpc) is 3.08. The smallest absolute Gasteiger partial charge is 0.407 e. The van der Waals surface area contributed by atoms with E-state index in [9.17, 15) is 9.59 Å². The molecule has 0 aliphatic rings. The Kier molecular flexibility index (Phi) is 6.87. The summed E-state index contributed by atoms with van der Waals surface area (Å²) < 4.78 is 9.78. The Balaban J connectivity index is 1.71. The summed E-state index contributed by atoms with van der Waals surface area (Å²) in [5.74, 6) is 5.43. The molecule has 2 aromatic rings. The predicted molar refractivity (Wildman–Crippen MR) is 91.8 cm³/mol. The SMILES string of the molecule is COC(=O)c1sccc1C#CCCNC(=O)OCc1ccccc1. The van der Waals surface area contributed by atoms with Gasteiger partial charge in [0.1, 0.15) is 11.5 Å². The zero-order valence-corrected chi connectivity index (χ0v) is 14.0. The fourth-order valence-electron chi connectivity index (χ4n) is 1.82. The first kappa shape index (κ1) is 17.6. The van der Waals surface area contributed by atoms with Crippen molar-refractivity contribution in [3.8, 4) is 11.8 Å². The van der Waals surface area contributed by atoms with E-state index in [4.69, 9.17) is 4.74 Å². The molecule has 0 bridgehead atoms. The van der Waals surface area contributed by atoms with Crippen LogP contribution in [0, 0.1) is 11.8 Å². The predicted octanol–water partition coefficient (Wildman–Crippen LogP) is 3.20. The summed E-state index contributed by atoms with van der Waals surface area (Å²) in [5.41, 5.74) is 1.57. The molecule has 1 N–H and O–H groups in total. The Bertz CT molecular complexity index is 743. The molecular formula is C18H17NO4S. The Morgan fingerprint density at radius 3 is 2.75 bits per heavy atom. The van der Waals surface area contributed by atoms with Crippen LogP contribution in [0.25, 0.3) is 0 Å². The number of carbonyl (C=O) groups is 2. The van der Waals surface area contributed by atoms with Crippen LogP contribution in [0.2, 0.25) is 0 Å². The zero-order valence-electron chi connectivity index (χ0n) is 13.2. The molecule has 0 saturated carbocycles. The highest BCUT2D eigenvalue weighted by atomic mass is 32.1. The standard InChI is InChI=1S/C18H17NO4S/c1-22-17(20)16-15(10-12-24-16)9-5-6-11-19-18(21)23-13-14-7-3-2-4-8-14/h2-4,7-8,10,12H,6,11,13H2,1H3,(H,19,21). The third kappa shape index (κ3) is 5.45. The molecule has 0 aliphatic heterocycles. The van der Waals surface area contributed by atoms with E-state index in [0.717, 1.165) is 5.56 Å². The highest BCUT2D eigenvalue weighted by Gasteiger charge is 2.11. The van der Waals surface area contributed by atoms with Gasteiger partial charge in [0.05, 0.1) is 7.11 Å². The molecule has 5 nitrogen and oxygen atoms in total. The molecule has 1 aromatic heterocycles. The van der Waals surface area contributed by atoms with Gasteiger partial charge in [-0.05, 0) is 17.0 Å². The summed E-state index contributed by atoms with van der Waals surface area (Å²) in [6, 6.07) is 11.2. The maximum absolute atomic E-state index is 11.5. The third-order valence-electron chi connectivity index (χ3n) is 2.99. The maximum atomic E-state index is 11.5. The van der Waals surface area contributed by atoms with Gasteiger partial charge in [-0.15, -0.1) is 11.3 Å². The molecule has 1 amide bonds. The minimum absolute atomic E-state index is 0.232. The molecule has 0 unspecified atom stereocenters. The molecule has 124 valence electrons. The van der Waals surface area contributed by atoms with E-state index < -0.39 is 12.1 Å². The number of hydrogen-bond donors (Lipinski definition) is 1. The summed E-state index contributed by atoms with van der Waals surface area (Å²) in [7, 11) is 1.34. The minimum atomic E-state index is -0.480. The first-order chi connectivity index (χ1) is 11.7. The number of carbonyl (C=O) groups excluding carboxylic acids is 2. The molecule has 6 heteroatoms. The van der Waals surface area contributed by atoms with E-state index in [0.29, 0.717) is 23.4 Å². The van der Waals surface area contributed by atoms with E-state index in [1.807, 2.05) is 30.3 Å². The summed E-state index contributed by atoms with van der Waals surface area (Å²) >= 11 is 1.29. The lowest BCUT2D eigenvalue weighted by Gasteiger charge is -2.05. The first-order valence-corrected chi connectivity index (χ1v) is 8.18. The largest absolute Gasteiger partial charge is 0.465 e. The number of amides is 1. The molecule has 0 spiro atoms. The highest BCUT2D eigenvalue weighted by molar-refractivity contribution is 7.12. The van der Waals surface area contributed by atoms with Gasteiger partial charge in [-0.25, -0.2) is 9.59 Å². The lowest BCUT2D eigenvalue weighted by molar-refractivity contribution is 0.0606. The van der Waals surface area contributed by atoms with E-state index in [1.54, 1.807) is 11.4 Å². The zero-order chi connectivity index (χ0) is 17.2. The van der Waals surface area contributed by atoms with E-state index >= 15 is 0 Å². The number of alkyl carbamates (subject to hydrolysis) is 1. The Morgan fingerprint density at radius 1 is 1.21 bits per heavy atom. The van der Waals surface area contributed by atoms with Gasteiger partial charge >= 0.3 is 12.1 Å². The van der Waals surface area contributed by atoms with Crippen molar-refractivity contribution in [3.63, 3.8) is 0 Å². The lowest BCUT2D eigenvalue weighted by Crippen LogP contribution is -2.24. The van der Waals surface area contributed by atoms with Gasteiger partial charge in [-0.3, -0.25) is 0 Å². The second-order valence-electron chi connectivity index (χ2n) is 4.70. The number of methoxy groups -OCH3 is 1. The van der Waals surface area contributed by atoms with Crippen molar-refractivity contribution in [1.29, 1.82) is 0 Å². The molecule has 0 fully saturated rings. The van der Waals surface area contributed by atoms with Crippen molar-refractivity contribution in [1.82, 2.24) is 5.32 Å². The summed E-state index contributed by atoms with van der Waals surface area (Å²) in [5, 5.41) is 4.42. The maximum Gasteiger partial charge on any atom is 0.407 e. The highest BCUT2D eigenvalue weighted by Crippen LogP contribution is 2.16. The van der Waals surface area contributed by atoms with Gasteiger partial charge in [-0.2, -0.15) is 0 Å². The van der Waals surface area contributed by atoms with Crippen molar-refractivity contribution in [2.45, 2.75) is 13.0 Å². The first-order valence-electron chi connectivity index (χ1n) is 7.30. The Hall–Kier alpha value is -2.78. The van der Waals surface area contributed by atoms with E-state index in [1.165, 1.54) is 18.4 Å². The molecule has 0 aliphatic carbocycles. The quantitative estimate of drug-likeness (QED) is 0.514. The third-order valence-corrected chi connectivity index (χ3v) is 3.89. The van der Waals surface area contributed by atoms with Crippen molar-refractivity contribution in [3.05, 3.63) is 57.8 Å². The van der Waals surface area contributed by atoms with Crippen LogP contribution in [-0.4, -0.2) is 25.7 Å². The summed E-state index contributed by atoms with van der Waals surface area (Å²) in [6.45, 7) is 0.605. The van der Waals surface area contributed by atoms with Crippen LogP contribution in [-0.2, 0) is 16.1 Å². The summed E-state index contributed by atoms with van der Waals surface area (Å²) in [4.78, 5) is 23.5. The van der Waals surface area contributed by atoms with Gasteiger partial charge in [0.25, 0.3) is 0 Å². The van der Waals surface area contributed by atoms with Crippen LogP contribution in [0.5, 0.6) is 0 Å². The number of hydrogen-bond acceptors (Lipinski definition) is 5. The van der Waals surface area contributed by atoms with Crippen LogP contribution in [0.4, 0.5) is 4.79 Å². The van der Waals surface area contributed by atoms with Gasteiger partial charge in [0.2, 0.25) is 0 Å². The lowest BCUT2D eigenvalue weighted by atomic mass is 10.2. The number of esters is 1. The van der Waals surface area contributed by atoms with Gasteiger partial charge in [-0.1, -0.05) is 42.2 Å². The fourth-order valence-corrected chi connectivity index (χ4v) is 2.58. The number of rotatable bonds is 5. The number of ether oxygens (including phenoxy) is 2. The van der Waals surface area contributed by atoms with Crippen LogP contribution in [0.3, 0.4) is 0 Å². The van der Waals surface area contributed by atoms with Crippen molar-refractivity contribution < 1.29 is 19.1 Å². The van der Waals surface area contributed by atoms with Crippen molar-refractivity contribution >= 4 is 23.4 Å². The fraction of sp³-hybridized carbons (Fsp3) is 0.222. The van der Waals surface area contributed by atoms with E-state index in [2.05, 4.69) is 21.9 Å². The van der Waals surface area contributed by atoms with Crippen LogP contribution in [0.1, 0.15) is 27.2 Å². The van der Waals surface area contributed by atoms with Gasteiger partial charge < -0.3 is 14.8 Å². The Labute approximate surface area is 144 Å².